The van der Waals surface area contributed by atoms with E-state index in [1.807, 2.05) is 30.3 Å². The number of aromatic nitrogens is 2. The van der Waals surface area contributed by atoms with Crippen molar-refractivity contribution in [2.45, 2.75) is 18.7 Å². The third-order valence-corrected chi connectivity index (χ3v) is 7.00. The lowest BCUT2D eigenvalue weighted by Gasteiger charge is -2.11. The molecule has 0 saturated heterocycles. The Morgan fingerprint density at radius 2 is 1.65 bits per heavy atom. The van der Waals surface area contributed by atoms with Crippen LogP contribution in [-0.2, 0) is 14.8 Å². The zero-order chi connectivity index (χ0) is 24.3. The van der Waals surface area contributed by atoms with E-state index >= 15 is 0 Å². The molecule has 4 rings (SSSR count). The lowest BCUT2D eigenvalue weighted by atomic mass is 10.1. The predicted octanol–water partition coefficient (Wildman–Crippen LogP) is 4.83. The Hall–Kier alpha value is -3.50. The summed E-state index contributed by atoms with van der Waals surface area (Å²) < 4.78 is 34.1. The van der Waals surface area contributed by atoms with Crippen LogP contribution < -0.4 is 14.8 Å². The second-order valence-electron chi connectivity index (χ2n) is 7.54. The Bertz CT molecular complexity index is 1450. The van der Waals surface area contributed by atoms with E-state index in [2.05, 4.69) is 35.9 Å². The summed E-state index contributed by atoms with van der Waals surface area (Å²) >= 11 is 3.53. The first kappa shape index (κ1) is 23.7. The van der Waals surface area contributed by atoms with Gasteiger partial charge in [0.2, 0.25) is 5.95 Å². The fourth-order valence-electron chi connectivity index (χ4n) is 3.33. The maximum atomic E-state index is 12.6. The smallest absolute Gasteiger partial charge is 0.264 e. The number of benzene rings is 3. The number of nitrogens with zero attached hydrogens (tertiary/aromatic N) is 2. The molecule has 0 bridgehead atoms. The molecule has 0 atom stereocenters. The highest BCUT2D eigenvalue weighted by atomic mass is 79.9. The minimum atomic E-state index is -3.88. The van der Waals surface area contributed by atoms with E-state index in [0.717, 1.165) is 15.2 Å². The fourth-order valence-corrected chi connectivity index (χ4v) is 4.89. The molecule has 8 nitrogen and oxygen atoms in total. The quantitative estimate of drug-likeness (QED) is 0.347. The van der Waals surface area contributed by atoms with Crippen molar-refractivity contribution in [2.75, 3.05) is 16.6 Å². The van der Waals surface area contributed by atoms with Gasteiger partial charge in [-0.3, -0.25) is 4.79 Å². The third-order valence-electron chi connectivity index (χ3n) is 4.84. The summed E-state index contributed by atoms with van der Waals surface area (Å²) in [5.41, 5.74) is 1.75. The molecule has 0 aliphatic heterocycles. The summed E-state index contributed by atoms with van der Waals surface area (Å²) in [6.45, 7) is 3.31. The van der Waals surface area contributed by atoms with Crippen LogP contribution in [0.25, 0.3) is 10.8 Å². The van der Waals surface area contributed by atoms with Gasteiger partial charge in [-0.05, 0) is 76.9 Å². The molecule has 0 aliphatic rings. The molecular formula is C24H21BrN4O4S. The van der Waals surface area contributed by atoms with Crippen molar-refractivity contribution in [3.05, 3.63) is 82.6 Å². The van der Waals surface area contributed by atoms with Crippen LogP contribution in [0.2, 0.25) is 0 Å². The van der Waals surface area contributed by atoms with Gasteiger partial charge in [-0.25, -0.2) is 23.1 Å². The normalized spacial score (nSPS) is 11.3. The number of hydrogen-bond acceptors (Lipinski definition) is 6. The van der Waals surface area contributed by atoms with Crippen molar-refractivity contribution in [3.8, 4) is 5.75 Å². The maximum absolute atomic E-state index is 12.6. The minimum Gasteiger partial charge on any atom is -0.483 e. The molecule has 10 heteroatoms. The molecule has 0 spiro atoms. The van der Waals surface area contributed by atoms with Crippen LogP contribution in [0.1, 0.15) is 11.4 Å². The molecule has 0 saturated carbocycles. The van der Waals surface area contributed by atoms with Gasteiger partial charge in [0.05, 0.1) is 9.37 Å². The van der Waals surface area contributed by atoms with Gasteiger partial charge in [0.25, 0.3) is 15.9 Å². The molecule has 0 radical (unpaired) electrons. The van der Waals surface area contributed by atoms with Gasteiger partial charge in [-0.15, -0.1) is 0 Å². The summed E-state index contributed by atoms with van der Waals surface area (Å²) in [5, 5.41) is 4.73. The fraction of sp³-hybridized carbons (Fsp3) is 0.125. The molecule has 1 heterocycles. The Kier molecular flexibility index (Phi) is 6.80. The number of anilines is 2. The first-order valence-corrected chi connectivity index (χ1v) is 12.5. The number of sulfonamides is 1. The van der Waals surface area contributed by atoms with E-state index in [-0.39, 0.29) is 23.4 Å². The summed E-state index contributed by atoms with van der Waals surface area (Å²) in [6, 6.07) is 19.1. The molecule has 0 fully saturated rings. The second kappa shape index (κ2) is 9.78. The van der Waals surface area contributed by atoms with Crippen LogP contribution in [-0.4, -0.2) is 30.9 Å². The standard InChI is InChI=1S/C24H21BrN4O4S/c1-15-13-16(2)27-24(26-15)29-34(31,32)19-10-8-18(9-11-19)28-22(30)14-33-21-12-7-17-5-3-4-6-20(17)23(21)25/h3-13H,14H2,1-2H3,(H,28,30)(H,26,27,29). The largest absolute Gasteiger partial charge is 0.483 e. The molecule has 2 N–H and O–H groups in total. The first-order valence-electron chi connectivity index (χ1n) is 10.3. The van der Waals surface area contributed by atoms with E-state index in [1.165, 1.54) is 24.3 Å². The average Bonchev–Trinajstić information content (AvgIpc) is 2.78. The molecule has 0 aliphatic carbocycles. The number of carbonyl (C=O) groups excluding carboxylic acids is 1. The number of amides is 1. The number of hydrogen-bond donors (Lipinski definition) is 2. The third kappa shape index (κ3) is 5.52. The number of aryl methyl sites for hydroxylation is 2. The van der Waals surface area contributed by atoms with Crippen LogP contribution in [0.5, 0.6) is 5.75 Å². The number of nitrogens with one attached hydrogen (secondary N) is 2. The van der Waals surface area contributed by atoms with Gasteiger partial charge in [0.15, 0.2) is 6.61 Å². The first-order chi connectivity index (χ1) is 16.2. The summed E-state index contributed by atoms with van der Waals surface area (Å²) in [7, 11) is -3.88. The Labute approximate surface area is 205 Å². The van der Waals surface area contributed by atoms with E-state index in [1.54, 1.807) is 26.0 Å². The molecule has 174 valence electrons. The highest BCUT2D eigenvalue weighted by Crippen LogP contribution is 2.33. The van der Waals surface area contributed by atoms with Gasteiger partial charge >= 0.3 is 0 Å². The zero-order valence-electron chi connectivity index (χ0n) is 18.4. The number of rotatable bonds is 7. The van der Waals surface area contributed by atoms with Gasteiger partial charge in [-0.1, -0.05) is 30.3 Å². The number of ether oxygens (including phenoxy) is 1. The number of fused-ring (bicyclic) bond motifs is 1. The summed E-state index contributed by atoms with van der Waals surface area (Å²) in [4.78, 5) is 20.6. The Morgan fingerprint density at radius 3 is 2.35 bits per heavy atom. The highest BCUT2D eigenvalue weighted by Gasteiger charge is 2.16. The highest BCUT2D eigenvalue weighted by molar-refractivity contribution is 9.10. The zero-order valence-corrected chi connectivity index (χ0v) is 20.8. The molecular weight excluding hydrogens is 520 g/mol. The van der Waals surface area contributed by atoms with Crippen molar-refractivity contribution >= 4 is 54.3 Å². The van der Waals surface area contributed by atoms with Gasteiger partial charge in [0.1, 0.15) is 5.75 Å². The minimum absolute atomic E-state index is 0.00637. The average molecular weight is 541 g/mol. The van der Waals surface area contributed by atoms with Gasteiger partial charge in [0, 0.05) is 17.1 Å². The summed E-state index contributed by atoms with van der Waals surface area (Å²) in [5.74, 6) is 0.180. The van der Waals surface area contributed by atoms with Crippen molar-refractivity contribution in [1.29, 1.82) is 0 Å². The lowest BCUT2D eigenvalue weighted by molar-refractivity contribution is -0.118. The van der Waals surface area contributed by atoms with Crippen LogP contribution in [0.4, 0.5) is 11.6 Å². The molecule has 0 unspecified atom stereocenters. The SMILES string of the molecule is Cc1cc(C)nc(NS(=O)(=O)c2ccc(NC(=O)COc3ccc4ccccc4c3Br)cc2)n1. The van der Waals surface area contributed by atoms with Crippen LogP contribution >= 0.6 is 15.9 Å². The molecule has 4 aromatic rings. The second-order valence-corrected chi connectivity index (χ2v) is 10.0. The molecule has 3 aromatic carbocycles. The van der Waals surface area contributed by atoms with Gasteiger partial charge in [-0.2, -0.15) is 0 Å². The monoisotopic (exact) mass is 540 g/mol. The topological polar surface area (TPSA) is 110 Å². The molecule has 34 heavy (non-hydrogen) atoms. The number of carbonyl (C=O) groups is 1. The van der Waals surface area contributed by atoms with Crippen LogP contribution in [0.15, 0.2) is 76.1 Å². The Morgan fingerprint density at radius 1 is 0.971 bits per heavy atom. The van der Waals surface area contributed by atoms with Crippen molar-refractivity contribution in [1.82, 2.24) is 9.97 Å². The maximum Gasteiger partial charge on any atom is 0.264 e. The van der Waals surface area contributed by atoms with Crippen molar-refractivity contribution < 1.29 is 17.9 Å². The van der Waals surface area contributed by atoms with E-state index in [4.69, 9.17) is 4.74 Å². The predicted molar refractivity (Wildman–Crippen MR) is 135 cm³/mol. The van der Waals surface area contributed by atoms with E-state index in [9.17, 15) is 13.2 Å². The molecule has 1 aromatic heterocycles. The lowest BCUT2D eigenvalue weighted by Crippen LogP contribution is -2.20. The van der Waals surface area contributed by atoms with Gasteiger partial charge < -0.3 is 10.1 Å². The van der Waals surface area contributed by atoms with Crippen LogP contribution in [0.3, 0.4) is 0 Å². The van der Waals surface area contributed by atoms with Crippen molar-refractivity contribution in [2.24, 2.45) is 0 Å². The van der Waals surface area contributed by atoms with E-state index in [0.29, 0.717) is 22.8 Å². The van der Waals surface area contributed by atoms with Crippen LogP contribution in [0, 0.1) is 13.8 Å². The number of halogens is 1. The summed E-state index contributed by atoms with van der Waals surface area (Å²) in [6.07, 6.45) is 0. The van der Waals surface area contributed by atoms with E-state index < -0.39 is 10.0 Å². The Balaban J connectivity index is 1.38. The molecule has 1 amide bonds. The van der Waals surface area contributed by atoms with Crippen molar-refractivity contribution in [3.63, 3.8) is 0 Å².